The van der Waals surface area contributed by atoms with E-state index < -0.39 is 53.3 Å². The number of aromatic hydroxyl groups is 1. The first-order valence-corrected chi connectivity index (χ1v) is 12.4. The highest BCUT2D eigenvalue weighted by molar-refractivity contribution is 6.10. The number of carboxylic acid groups (broad SMARTS) is 3. The summed E-state index contributed by atoms with van der Waals surface area (Å²) in [5.41, 5.74) is 7.19. The molecule has 0 saturated carbocycles. The number of phenols is 1. The normalized spacial score (nSPS) is 20.7. The molecule has 2 rings (SSSR count). The first-order valence-electron chi connectivity index (χ1n) is 12.4. The third-order valence-electron chi connectivity index (χ3n) is 6.98. The molecule has 1 aromatic carbocycles. The van der Waals surface area contributed by atoms with Gasteiger partial charge in [-0.3, -0.25) is 14.4 Å². The average molecular weight is 537 g/mol. The Labute approximate surface area is 220 Å². The van der Waals surface area contributed by atoms with E-state index in [-0.39, 0.29) is 43.9 Å². The van der Waals surface area contributed by atoms with E-state index in [1.54, 1.807) is 6.92 Å². The molecular weight excluding hydrogens is 500 g/mol. The first-order chi connectivity index (χ1) is 17.8. The van der Waals surface area contributed by atoms with Crippen molar-refractivity contribution < 1.29 is 44.4 Å². The van der Waals surface area contributed by atoms with Crippen molar-refractivity contribution in [1.29, 1.82) is 0 Å². The number of rotatable bonds is 15. The lowest BCUT2D eigenvalue weighted by Gasteiger charge is -2.37. The molecule has 13 nitrogen and oxygen atoms in total. The van der Waals surface area contributed by atoms with Crippen LogP contribution in [-0.4, -0.2) is 85.2 Å². The van der Waals surface area contributed by atoms with Gasteiger partial charge in [-0.25, -0.2) is 20.0 Å². The van der Waals surface area contributed by atoms with Crippen molar-refractivity contribution in [1.82, 2.24) is 15.8 Å². The van der Waals surface area contributed by atoms with Gasteiger partial charge in [-0.1, -0.05) is 32.4 Å². The van der Waals surface area contributed by atoms with Crippen LogP contribution in [0.2, 0.25) is 0 Å². The molecule has 1 amide bonds. The number of hydrogen-bond donors (Lipinski definition) is 7. The molecule has 1 heterocycles. The maximum Gasteiger partial charge on any atom is 0.333 e. The fraction of sp³-hybridized carbons (Fsp3) is 0.560. The number of nitrogens with two attached hydrogens (primary N) is 1. The van der Waals surface area contributed by atoms with Crippen LogP contribution >= 0.6 is 0 Å². The largest absolute Gasteiger partial charge is 0.508 e. The lowest BCUT2D eigenvalue weighted by molar-refractivity contribution is -0.162. The monoisotopic (exact) mass is 536 g/mol. The minimum atomic E-state index is -2.04. The lowest BCUT2D eigenvalue weighted by Crippen LogP contribution is -2.67. The summed E-state index contributed by atoms with van der Waals surface area (Å²) in [6.45, 7) is 3.63. The number of nitrogens with one attached hydrogen (secondary N) is 2. The molecular formula is C25H36N4O9. The van der Waals surface area contributed by atoms with Crippen molar-refractivity contribution in [3.05, 3.63) is 29.8 Å². The summed E-state index contributed by atoms with van der Waals surface area (Å²) < 4.78 is 0. The van der Waals surface area contributed by atoms with Gasteiger partial charge in [-0.05, 0) is 42.9 Å². The number of nitrogens with zero attached hydrogens (tertiary/aromatic N) is 1. The molecule has 210 valence electrons. The Morgan fingerprint density at radius 2 is 1.66 bits per heavy atom. The Balaban J connectivity index is 2.09. The maximum atomic E-state index is 13.2. The van der Waals surface area contributed by atoms with Gasteiger partial charge in [0.15, 0.2) is 11.3 Å². The Morgan fingerprint density at radius 1 is 1.05 bits per heavy atom. The average Bonchev–Trinajstić information content (AvgIpc) is 3.30. The van der Waals surface area contributed by atoms with Gasteiger partial charge < -0.3 is 31.5 Å². The van der Waals surface area contributed by atoms with E-state index in [0.29, 0.717) is 18.4 Å². The van der Waals surface area contributed by atoms with Gasteiger partial charge in [0, 0.05) is 19.4 Å². The Kier molecular flexibility index (Phi) is 10.7. The van der Waals surface area contributed by atoms with E-state index in [9.17, 15) is 44.4 Å². The number of hydrogen-bond acceptors (Lipinski definition) is 9. The molecule has 38 heavy (non-hydrogen) atoms. The van der Waals surface area contributed by atoms with Gasteiger partial charge >= 0.3 is 17.9 Å². The van der Waals surface area contributed by atoms with Gasteiger partial charge in [-0.2, -0.15) is 0 Å². The van der Waals surface area contributed by atoms with Crippen molar-refractivity contribution in [2.24, 2.45) is 11.7 Å². The summed E-state index contributed by atoms with van der Waals surface area (Å²) in [6, 6.07) is 2.02. The van der Waals surface area contributed by atoms with E-state index in [2.05, 4.69) is 10.7 Å². The van der Waals surface area contributed by atoms with Crippen molar-refractivity contribution in [2.75, 3.05) is 6.54 Å². The van der Waals surface area contributed by atoms with Crippen molar-refractivity contribution >= 4 is 29.6 Å². The van der Waals surface area contributed by atoms with Crippen LogP contribution in [0.1, 0.15) is 51.5 Å². The highest BCUT2D eigenvalue weighted by Crippen LogP contribution is 2.32. The van der Waals surface area contributed by atoms with E-state index in [1.807, 2.05) is 6.92 Å². The molecule has 13 heteroatoms. The third-order valence-corrected chi connectivity index (χ3v) is 6.98. The van der Waals surface area contributed by atoms with Gasteiger partial charge in [-0.15, -0.1) is 0 Å². The number of Topliss-reactive ketones (excluding diaryl/α,β-unsaturated/α-hetero) is 1. The lowest BCUT2D eigenvalue weighted by atomic mass is 9.82. The molecule has 5 atom stereocenters. The Hall–Kier alpha value is -3.55. The van der Waals surface area contributed by atoms with Crippen LogP contribution < -0.4 is 16.5 Å². The number of carbonyl (C=O) groups is 5. The second-order valence-electron chi connectivity index (χ2n) is 9.58. The summed E-state index contributed by atoms with van der Waals surface area (Å²) in [7, 11) is 0. The van der Waals surface area contributed by atoms with Gasteiger partial charge in [0.25, 0.3) is 0 Å². The number of aliphatic carboxylic acids is 3. The fourth-order valence-electron chi connectivity index (χ4n) is 4.41. The van der Waals surface area contributed by atoms with Crippen molar-refractivity contribution in [3.8, 4) is 5.75 Å². The number of phenolic OH excluding ortho intramolecular Hbond substituents is 1. The van der Waals surface area contributed by atoms with Gasteiger partial charge in [0.2, 0.25) is 5.91 Å². The zero-order chi connectivity index (χ0) is 28.6. The van der Waals surface area contributed by atoms with E-state index in [1.165, 1.54) is 24.3 Å². The molecule has 0 aromatic heterocycles. The van der Waals surface area contributed by atoms with Crippen LogP contribution in [0.25, 0.3) is 0 Å². The molecule has 0 radical (unpaired) electrons. The van der Waals surface area contributed by atoms with Gasteiger partial charge in [0.1, 0.15) is 17.8 Å². The van der Waals surface area contributed by atoms with Crippen LogP contribution in [0, 0.1) is 5.92 Å². The minimum Gasteiger partial charge on any atom is -0.508 e. The highest BCUT2D eigenvalue weighted by atomic mass is 16.4. The molecule has 1 aliphatic heterocycles. The number of carbonyl (C=O) groups excluding carboxylic acids is 2. The summed E-state index contributed by atoms with van der Waals surface area (Å²) >= 11 is 0. The second kappa shape index (κ2) is 13.3. The molecule has 8 N–H and O–H groups in total. The predicted octanol–water partition coefficient (Wildman–Crippen LogP) is 0.104. The standard InChI is InChI=1S/C25H36N4O9/c1-3-14(2)20(26)21(32)25(24(37)38)11-4-12-29(25)28-17(22(33)34)9-10-19(31)27-18(23(35)36)13-15-5-7-16(30)8-6-15/h5-8,14,17-18,20,28,30H,3-4,9-13,26H2,1-2H3,(H,27,31)(H,33,34)(H,35,36)(H,37,38)/t14-,17-,18-,20-,25+/m0/s1. The van der Waals surface area contributed by atoms with E-state index in [4.69, 9.17) is 5.73 Å². The number of benzene rings is 1. The molecule has 1 aromatic rings. The van der Waals surface area contributed by atoms with Crippen LogP contribution in [0.4, 0.5) is 0 Å². The molecule has 1 aliphatic rings. The maximum absolute atomic E-state index is 13.2. The molecule has 1 saturated heterocycles. The Bertz CT molecular complexity index is 1030. The van der Waals surface area contributed by atoms with E-state index >= 15 is 0 Å². The number of amides is 1. The highest BCUT2D eigenvalue weighted by Gasteiger charge is 2.56. The van der Waals surface area contributed by atoms with E-state index in [0.717, 1.165) is 5.01 Å². The predicted molar refractivity (Wildman–Crippen MR) is 134 cm³/mol. The number of carboxylic acids is 3. The summed E-state index contributed by atoms with van der Waals surface area (Å²) in [5.74, 6) is -5.82. The summed E-state index contributed by atoms with van der Waals surface area (Å²) in [6.07, 6.45) is 0.0653. The minimum absolute atomic E-state index is 0.00495. The quantitative estimate of drug-likeness (QED) is 0.148. The summed E-state index contributed by atoms with van der Waals surface area (Å²) in [4.78, 5) is 61.6. The van der Waals surface area contributed by atoms with Crippen molar-refractivity contribution in [2.45, 2.75) is 76.0 Å². The molecule has 0 spiro atoms. The smallest absolute Gasteiger partial charge is 0.333 e. The molecule has 1 fully saturated rings. The van der Waals surface area contributed by atoms with Gasteiger partial charge in [0.05, 0.1) is 6.04 Å². The SMILES string of the molecule is CC[C@H](C)[C@H](N)C(=O)[C@@]1(C(=O)O)CCCN1N[C@@H](CCC(=O)N[C@@H](Cc1ccc(O)cc1)C(=O)O)C(=O)O. The molecule has 0 unspecified atom stereocenters. The van der Waals surface area contributed by atoms with Crippen LogP contribution in [-0.2, 0) is 30.4 Å². The topological polar surface area (TPSA) is 220 Å². The zero-order valence-corrected chi connectivity index (χ0v) is 21.4. The van der Waals surface area contributed by atoms with Crippen LogP contribution in [0.5, 0.6) is 5.75 Å². The fourth-order valence-corrected chi connectivity index (χ4v) is 4.41. The summed E-state index contributed by atoms with van der Waals surface area (Å²) in [5, 5.41) is 42.1. The Morgan fingerprint density at radius 3 is 2.18 bits per heavy atom. The molecule has 0 aliphatic carbocycles. The zero-order valence-electron chi connectivity index (χ0n) is 21.4. The van der Waals surface area contributed by atoms with Crippen LogP contribution in [0.15, 0.2) is 24.3 Å². The van der Waals surface area contributed by atoms with Crippen molar-refractivity contribution in [3.63, 3.8) is 0 Å². The molecule has 0 bridgehead atoms. The number of hydrazine groups is 1. The first kappa shape index (κ1) is 30.7. The number of ketones is 1. The van der Waals surface area contributed by atoms with Crippen LogP contribution in [0.3, 0.4) is 0 Å². The second-order valence-corrected chi connectivity index (χ2v) is 9.58. The third kappa shape index (κ3) is 7.27.